The molecule has 0 aliphatic carbocycles. The van der Waals surface area contributed by atoms with Gasteiger partial charge in [0.05, 0.1) is 13.1 Å². The average molecular weight is 633 g/mol. The Morgan fingerprint density at radius 2 is 0.826 bits per heavy atom. The quantitative estimate of drug-likeness (QED) is 0.235. The number of nitrogens with zero attached hydrogens (tertiary/aromatic N) is 4. The summed E-state index contributed by atoms with van der Waals surface area (Å²) < 4.78 is 13.1. The lowest BCUT2D eigenvalue weighted by Gasteiger charge is -2.28. The van der Waals surface area contributed by atoms with Gasteiger partial charge < -0.3 is 19.0 Å². The van der Waals surface area contributed by atoms with E-state index in [9.17, 15) is 19.8 Å². The van der Waals surface area contributed by atoms with Gasteiger partial charge in [0, 0.05) is 12.2 Å². The predicted molar refractivity (Wildman–Crippen MR) is 180 cm³/mol. The Morgan fingerprint density at radius 1 is 0.565 bits per heavy atom. The molecule has 0 atom stereocenters. The molecule has 0 amide bonds. The highest BCUT2D eigenvalue weighted by atomic mass is 16.4. The third kappa shape index (κ3) is 7.54. The second kappa shape index (κ2) is 11.8. The molecule has 2 heterocycles. The van der Waals surface area contributed by atoms with E-state index >= 15 is 0 Å². The molecule has 0 aliphatic heterocycles. The highest BCUT2D eigenvalue weighted by Gasteiger charge is 2.28. The van der Waals surface area contributed by atoms with Gasteiger partial charge in [0.15, 0.2) is 0 Å². The number of phenolic OH excluding ortho intramolecular Hbond substituents is 2. The van der Waals surface area contributed by atoms with Crippen LogP contribution < -0.4 is 11.5 Å². The average Bonchev–Trinajstić information content (AvgIpc) is 3.42. The molecular formula is C36H48N4O6. The van der Waals surface area contributed by atoms with Gasteiger partial charge in [-0.15, -0.1) is 10.2 Å². The van der Waals surface area contributed by atoms with Crippen molar-refractivity contribution < 1.29 is 19.0 Å². The molecule has 2 aromatic heterocycles. The third-order valence-corrected chi connectivity index (χ3v) is 7.85. The van der Waals surface area contributed by atoms with Gasteiger partial charge in [0.25, 0.3) is 0 Å². The van der Waals surface area contributed by atoms with E-state index in [-0.39, 0.29) is 58.0 Å². The highest BCUT2D eigenvalue weighted by molar-refractivity contribution is 5.60. The van der Waals surface area contributed by atoms with Crippen molar-refractivity contribution >= 4 is 12.2 Å². The first-order chi connectivity index (χ1) is 20.9. The zero-order valence-corrected chi connectivity index (χ0v) is 29.2. The predicted octanol–water partition coefficient (Wildman–Crippen LogP) is 6.85. The lowest BCUT2D eigenvalue weighted by Crippen LogP contribution is -2.20. The molecule has 4 rings (SSSR count). The van der Waals surface area contributed by atoms with Gasteiger partial charge in [-0.2, -0.15) is 9.36 Å². The number of hydrogen-bond donors (Lipinski definition) is 2. The van der Waals surface area contributed by atoms with E-state index in [0.717, 1.165) is 33.4 Å². The summed E-state index contributed by atoms with van der Waals surface area (Å²) in [5, 5.41) is 30.7. The van der Waals surface area contributed by atoms with Crippen LogP contribution in [0.2, 0.25) is 0 Å². The maximum atomic E-state index is 12.7. The van der Waals surface area contributed by atoms with E-state index in [0.29, 0.717) is 0 Å². The summed E-state index contributed by atoms with van der Waals surface area (Å²) in [6.07, 6.45) is 2.84. The van der Waals surface area contributed by atoms with Gasteiger partial charge in [-0.1, -0.05) is 83.1 Å². The van der Waals surface area contributed by atoms with E-state index in [1.807, 2.05) is 107 Å². The van der Waals surface area contributed by atoms with Crippen molar-refractivity contribution in [1.29, 1.82) is 0 Å². The number of phenols is 2. The van der Waals surface area contributed by atoms with E-state index < -0.39 is 11.5 Å². The zero-order chi connectivity index (χ0) is 34.6. The number of aromatic nitrogens is 4. The molecule has 46 heavy (non-hydrogen) atoms. The Labute approximate surface area is 270 Å². The number of hydrogen-bond acceptors (Lipinski definition) is 8. The van der Waals surface area contributed by atoms with Gasteiger partial charge >= 0.3 is 11.5 Å². The third-order valence-electron chi connectivity index (χ3n) is 7.85. The van der Waals surface area contributed by atoms with E-state index in [2.05, 4.69) is 10.2 Å². The molecule has 2 N–H and O–H groups in total. The monoisotopic (exact) mass is 632 g/mol. The second-order valence-electron chi connectivity index (χ2n) is 16.1. The first kappa shape index (κ1) is 34.5. The first-order valence-corrected chi connectivity index (χ1v) is 15.5. The minimum Gasteiger partial charge on any atom is -0.507 e. The largest absolute Gasteiger partial charge is 0.507 e. The Balaban J connectivity index is 1.60. The van der Waals surface area contributed by atoms with Crippen LogP contribution in [0.1, 0.15) is 128 Å². The normalized spacial score (nSPS) is 13.2. The minimum atomic E-state index is -0.647. The van der Waals surface area contributed by atoms with Crippen LogP contribution in [-0.4, -0.2) is 29.8 Å². The molecule has 0 radical (unpaired) electrons. The highest BCUT2D eigenvalue weighted by Crippen LogP contribution is 2.41. The van der Waals surface area contributed by atoms with E-state index in [4.69, 9.17) is 8.83 Å². The zero-order valence-electron chi connectivity index (χ0n) is 29.2. The van der Waals surface area contributed by atoms with Crippen molar-refractivity contribution in [3.63, 3.8) is 0 Å². The molecule has 0 saturated carbocycles. The Bertz CT molecular complexity index is 1680. The number of aromatic hydroxyl groups is 2. The number of rotatable bonds is 6. The fourth-order valence-electron chi connectivity index (χ4n) is 5.33. The van der Waals surface area contributed by atoms with Crippen molar-refractivity contribution in [2.75, 3.05) is 0 Å². The summed E-state index contributed by atoms with van der Waals surface area (Å²) in [4.78, 5) is 25.4. The second-order valence-corrected chi connectivity index (χ2v) is 16.1. The molecule has 0 unspecified atom stereocenters. The molecule has 2 aromatic carbocycles. The lowest BCUT2D eigenvalue weighted by molar-refractivity contribution is 0.421. The molecule has 0 bridgehead atoms. The molecule has 0 saturated heterocycles. The Hall–Kier alpha value is -4.34. The molecule has 0 fully saturated rings. The fourth-order valence-corrected chi connectivity index (χ4v) is 5.33. The van der Waals surface area contributed by atoms with E-state index in [1.54, 1.807) is 0 Å². The minimum absolute atomic E-state index is 0.0243. The molecule has 248 valence electrons. The van der Waals surface area contributed by atoms with Gasteiger partial charge in [0.2, 0.25) is 11.8 Å². The van der Waals surface area contributed by atoms with Crippen molar-refractivity contribution in [3.05, 3.63) is 90.5 Å². The molecule has 10 heteroatoms. The van der Waals surface area contributed by atoms with Crippen molar-refractivity contribution in [3.8, 4) is 11.5 Å². The van der Waals surface area contributed by atoms with Crippen LogP contribution in [0.4, 0.5) is 0 Å². The van der Waals surface area contributed by atoms with Crippen LogP contribution in [0.15, 0.2) is 42.7 Å². The topological polar surface area (TPSA) is 137 Å². The van der Waals surface area contributed by atoms with Gasteiger partial charge in [-0.05, 0) is 79.3 Å². The summed E-state index contributed by atoms with van der Waals surface area (Å²) in [6.45, 7) is 24.6. The van der Waals surface area contributed by atoms with Crippen LogP contribution >= 0.6 is 0 Å². The van der Waals surface area contributed by atoms with E-state index in [1.165, 1.54) is 21.5 Å². The molecular weight excluding hydrogens is 584 g/mol. The van der Waals surface area contributed by atoms with Crippen LogP contribution in [0.5, 0.6) is 11.5 Å². The van der Waals surface area contributed by atoms with Gasteiger partial charge in [-0.25, -0.2) is 9.59 Å². The SMILES string of the molecule is CC(C)(C)c1cc(Cn2nc(C=Cc3nn(Cc4cc(C(C)(C)C)c(O)c(C(C)(C)C)c4)c(=O)o3)oc2=O)cc(C(C)(C)C)c1O. The summed E-state index contributed by atoms with van der Waals surface area (Å²) in [5.74, 6) is -0.726. The lowest BCUT2D eigenvalue weighted by atomic mass is 9.78. The molecule has 10 nitrogen and oxygen atoms in total. The number of benzene rings is 2. The van der Waals surface area contributed by atoms with Crippen molar-refractivity contribution in [1.82, 2.24) is 19.6 Å². The van der Waals surface area contributed by atoms with Crippen molar-refractivity contribution in [2.24, 2.45) is 0 Å². The summed E-state index contributed by atoms with van der Waals surface area (Å²) in [5.41, 5.74) is 3.49. The molecule has 0 spiro atoms. The first-order valence-electron chi connectivity index (χ1n) is 15.5. The summed E-state index contributed by atoms with van der Waals surface area (Å²) in [7, 11) is 0. The Morgan fingerprint density at radius 3 is 1.07 bits per heavy atom. The maximum absolute atomic E-state index is 12.7. The molecule has 4 aromatic rings. The maximum Gasteiger partial charge on any atom is 0.437 e. The summed E-state index contributed by atoms with van der Waals surface area (Å²) >= 11 is 0. The Kier molecular flexibility index (Phi) is 8.85. The van der Waals surface area contributed by atoms with Crippen molar-refractivity contribution in [2.45, 2.75) is 118 Å². The van der Waals surface area contributed by atoms with Gasteiger partial charge in [0.1, 0.15) is 11.5 Å². The summed E-state index contributed by atoms with van der Waals surface area (Å²) in [6, 6.07) is 7.58. The smallest absolute Gasteiger partial charge is 0.437 e. The van der Waals surface area contributed by atoms with Crippen LogP contribution in [0.25, 0.3) is 12.2 Å². The van der Waals surface area contributed by atoms with Gasteiger partial charge in [-0.3, -0.25) is 0 Å². The molecule has 0 aliphatic rings. The fraction of sp³-hybridized carbons (Fsp3) is 0.500. The standard InChI is InChI=1S/C36H48N4O6/c1-33(2,3)23-15-21(16-24(29(23)41)34(4,5)6)19-39-31(43)45-27(37-39)13-14-28-38-40(32(44)46-28)20-22-17-25(35(7,8)9)30(42)26(18-22)36(10,11)12/h13-18,41-42H,19-20H2,1-12H3. The van der Waals surface area contributed by atoms with Crippen LogP contribution in [-0.2, 0) is 34.7 Å². The van der Waals surface area contributed by atoms with Crippen LogP contribution in [0.3, 0.4) is 0 Å². The van der Waals surface area contributed by atoms with Crippen LogP contribution in [0, 0.1) is 0 Å².